The molecule has 4 nitrogen and oxygen atoms in total. The van der Waals surface area contributed by atoms with Gasteiger partial charge in [0.05, 0.1) is 4.90 Å². The van der Waals surface area contributed by atoms with Gasteiger partial charge in [-0.15, -0.1) is 0 Å². The lowest BCUT2D eigenvalue weighted by Crippen LogP contribution is -2.05. The van der Waals surface area contributed by atoms with Crippen molar-refractivity contribution in [2.45, 2.75) is 23.6 Å². The van der Waals surface area contributed by atoms with Crippen LogP contribution >= 0.6 is 0 Å². The first-order valence-corrected chi connectivity index (χ1v) is 7.15. The Labute approximate surface area is 111 Å². The molecule has 2 N–H and O–H groups in total. The Morgan fingerprint density at radius 3 is 2.21 bits per heavy atom. The highest BCUT2D eigenvalue weighted by molar-refractivity contribution is 7.91. The molecule has 0 heterocycles. The third-order valence-electron chi connectivity index (χ3n) is 2.93. The lowest BCUT2D eigenvalue weighted by Gasteiger charge is -2.11. The third kappa shape index (κ3) is 2.29. The Bertz CT molecular complexity index is 733. The van der Waals surface area contributed by atoms with Crippen LogP contribution in [0.4, 0.5) is 0 Å². The topological polar surface area (TPSA) is 74.6 Å². The van der Waals surface area contributed by atoms with Gasteiger partial charge in [0, 0.05) is 5.56 Å². The van der Waals surface area contributed by atoms with E-state index in [1.54, 1.807) is 19.1 Å². The fraction of sp³-hybridized carbons (Fsp3) is 0.143. The minimum atomic E-state index is -3.86. The van der Waals surface area contributed by atoms with Crippen molar-refractivity contribution in [3.63, 3.8) is 0 Å². The van der Waals surface area contributed by atoms with Crippen molar-refractivity contribution in [3.8, 4) is 11.5 Å². The van der Waals surface area contributed by atoms with E-state index < -0.39 is 9.84 Å². The van der Waals surface area contributed by atoms with Crippen molar-refractivity contribution in [1.29, 1.82) is 0 Å². The van der Waals surface area contributed by atoms with Crippen LogP contribution in [-0.2, 0) is 9.84 Å². The van der Waals surface area contributed by atoms with Crippen LogP contribution in [-0.4, -0.2) is 18.6 Å². The zero-order valence-corrected chi connectivity index (χ0v) is 11.4. The normalized spacial score (nSPS) is 11.5. The molecule has 0 aliphatic carbocycles. The second-order valence-electron chi connectivity index (χ2n) is 4.38. The largest absolute Gasteiger partial charge is 0.508 e. The molecule has 0 spiro atoms. The molecule has 0 aliphatic heterocycles. The molecule has 100 valence electrons. The highest BCUT2D eigenvalue weighted by Gasteiger charge is 2.25. The van der Waals surface area contributed by atoms with E-state index in [0.29, 0.717) is 0 Å². The minimum absolute atomic E-state index is 0.0940. The predicted molar refractivity (Wildman–Crippen MR) is 71.1 cm³/mol. The van der Waals surface area contributed by atoms with Crippen LogP contribution in [0.25, 0.3) is 0 Å². The van der Waals surface area contributed by atoms with Gasteiger partial charge in [-0.25, -0.2) is 8.42 Å². The molecule has 2 rings (SSSR count). The number of phenolic OH excluding ortho intramolecular Hbond substituents is 2. The van der Waals surface area contributed by atoms with E-state index in [1.807, 2.05) is 0 Å². The number of benzene rings is 2. The Kier molecular flexibility index (Phi) is 3.24. The van der Waals surface area contributed by atoms with E-state index in [2.05, 4.69) is 0 Å². The molecule has 5 heteroatoms. The van der Waals surface area contributed by atoms with Gasteiger partial charge in [0.2, 0.25) is 9.84 Å². The maximum Gasteiger partial charge on any atom is 0.210 e. The SMILES string of the molecule is Cc1cccc(S(=O)(=O)c2c(O)ccc(O)c2C)c1. The molecular formula is C14H14O4S. The van der Waals surface area contributed by atoms with Gasteiger partial charge in [-0.3, -0.25) is 0 Å². The number of phenols is 2. The third-order valence-corrected chi connectivity index (χ3v) is 4.85. The average Bonchev–Trinajstić information content (AvgIpc) is 2.34. The quantitative estimate of drug-likeness (QED) is 0.828. The van der Waals surface area contributed by atoms with E-state index in [1.165, 1.54) is 31.2 Å². The Balaban J connectivity index is 2.74. The zero-order valence-electron chi connectivity index (χ0n) is 10.6. The monoisotopic (exact) mass is 278 g/mol. The maximum absolute atomic E-state index is 12.5. The molecular weight excluding hydrogens is 264 g/mol. The lowest BCUT2D eigenvalue weighted by molar-refractivity contribution is 0.441. The first-order chi connectivity index (χ1) is 8.84. The summed E-state index contributed by atoms with van der Waals surface area (Å²) in [6, 6.07) is 8.85. The van der Waals surface area contributed by atoms with Crippen LogP contribution < -0.4 is 0 Å². The van der Waals surface area contributed by atoms with Gasteiger partial charge in [-0.2, -0.15) is 0 Å². The summed E-state index contributed by atoms with van der Waals surface area (Å²) in [7, 11) is -3.86. The summed E-state index contributed by atoms with van der Waals surface area (Å²) < 4.78 is 25.0. The van der Waals surface area contributed by atoms with Crippen LogP contribution in [0.15, 0.2) is 46.2 Å². The van der Waals surface area contributed by atoms with E-state index in [4.69, 9.17) is 0 Å². The molecule has 0 saturated heterocycles. The summed E-state index contributed by atoms with van der Waals surface area (Å²) in [5.41, 5.74) is 0.944. The summed E-state index contributed by atoms with van der Waals surface area (Å²) in [5, 5.41) is 19.4. The second kappa shape index (κ2) is 4.59. The number of sulfone groups is 1. The lowest BCUT2D eigenvalue weighted by atomic mass is 10.2. The van der Waals surface area contributed by atoms with Crippen LogP contribution in [0, 0.1) is 13.8 Å². The molecule has 0 radical (unpaired) electrons. The molecule has 0 saturated carbocycles. The molecule has 0 aliphatic rings. The van der Waals surface area contributed by atoms with E-state index in [-0.39, 0.29) is 26.9 Å². The summed E-state index contributed by atoms with van der Waals surface area (Å²) in [4.78, 5) is -0.158. The van der Waals surface area contributed by atoms with Crippen LogP contribution in [0.2, 0.25) is 0 Å². The number of hydrogen-bond donors (Lipinski definition) is 2. The van der Waals surface area contributed by atoms with Crippen molar-refractivity contribution in [2.24, 2.45) is 0 Å². The molecule has 2 aromatic carbocycles. The highest BCUT2D eigenvalue weighted by atomic mass is 32.2. The number of hydrogen-bond acceptors (Lipinski definition) is 4. The standard InChI is InChI=1S/C14H14O4S/c1-9-4-3-5-11(8-9)19(17,18)14-10(2)12(15)6-7-13(14)16/h3-8,15-16H,1-2H3. The molecule has 19 heavy (non-hydrogen) atoms. The smallest absolute Gasteiger partial charge is 0.210 e. The Hall–Kier alpha value is -2.01. The van der Waals surface area contributed by atoms with Crippen molar-refractivity contribution in [1.82, 2.24) is 0 Å². The number of aromatic hydroxyl groups is 2. The fourth-order valence-electron chi connectivity index (χ4n) is 1.91. The second-order valence-corrected chi connectivity index (χ2v) is 6.26. The van der Waals surface area contributed by atoms with E-state index >= 15 is 0 Å². The maximum atomic E-state index is 12.5. The molecule has 0 atom stereocenters. The minimum Gasteiger partial charge on any atom is -0.508 e. The van der Waals surface area contributed by atoms with Crippen molar-refractivity contribution >= 4 is 9.84 Å². The molecule has 0 bridgehead atoms. The Morgan fingerprint density at radius 1 is 0.947 bits per heavy atom. The summed E-state index contributed by atoms with van der Waals surface area (Å²) in [5.74, 6) is -0.527. The molecule has 0 aromatic heterocycles. The van der Waals surface area contributed by atoms with Crippen molar-refractivity contribution < 1.29 is 18.6 Å². The highest BCUT2D eigenvalue weighted by Crippen LogP contribution is 2.35. The van der Waals surface area contributed by atoms with Gasteiger partial charge in [-0.05, 0) is 43.7 Å². The number of rotatable bonds is 2. The van der Waals surface area contributed by atoms with Crippen molar-refractivity contribution in [3.05, 3.63) is 47.5 Å². The van der Waals surface area contributed by atoms with Gasteiger partial charge in [-0.1, -0.05) is 12.1 Å². The van der Waals surface area contributed by atoms with Crippen LogP contribution in [0.3, 0.4) is 0 Å². The van der Waals surface area contributed by atoms with Crippen molar-refractivity contribution in [2.75, 3.05) is 0 Å². The molecule has 0 fully saturated rings. The number of aryl methyl sites for hydroxylation is 1. The molecule has 2 aromatic rings. The first kappa shape index (κ1) is 13.4. The first-order valence-electron chi connectivity index (χ1n) is 5.67. The van der Waals surface area contributed by atoms with Gasteiger partial charge >= 0.3 is 0 Å². The summed E-state index contributed by atoms with van der Waals surface area (Å²) >= 11 is 0. The fourth-order valence-corrected chi connectivity index (χ4v) is 3.59. The van der Waals surface area contributed by atoms with Gasteiger partial charge in [0.25, 0.3) is 0 Å². The Morgan fingerprint density at radius 2 is 1.58 bits per heavy atom. The predicted octanol–water partition coefficient (Wildman–Crippen LogP) is 2.55. The summed E-state index contributed by atoms with van der Waals surface area (Å²) in [6.45, 7) is 3.24. The summed E-state index contributed by atoms with van der Waals surface area (Å²) in [6.07, 6.45) is 0. The zero-order chi connectivity index (χ0) is 14.2. The molecule has 0 amide bonds. The average molecular weight is 278 g/mol. The van der Waals surface area contributed by atoms with Gasteiger partial charge < -0.3 is 10.2 Å². The molecule has 0 unspecified atom stereocenters. The van der Waals surface area contributed by atoms with Crippen LogP contribution in [0.1, 0.15) is 11.1 Å². The van der Waals surface area contributed by atoms with Crippen LogP contribution in [0.5, 0.6) is 11.5 Å². The van der Waals surface area contributed by atoms with E-state index in [9.17, 15) is 18.6 Å². The van der Waals surface area contributed by atoms with Gasteiger partial charge in [0.1, 0.15) is 16.4 Å². The van der Waals surface area contributed by atoms with Gasteiger partial charge in [0.15, 0.2) is 0 Å². The van der Waals surface area contributed by atoms with E-state index in [0.717, 1.165) is 5.56 Å².